The van der Waals surface area contributed by atoms with Crippen LogP contribution in [-0.2, 0) is 6.42 Å². The van der Waals surface area contributed by atoms with Crippen LogP contribution in [0.4, 0.5) is 5.82 Å². The van der Waals surface area contributed by atoms with Gasteiger partial charge in [0.05, 0.1) is 19.9 Å². The minimum atomic E-state index is 0.625. The second-order valence-electron chi connectivity index (χ2n) is 5.00. The molecule has 0 saturated carbocycles. The molecule has 0 saturated heterocycles. The van der Waals surface area contributed by atoms with Crippen LogP contribution in [-0.4, -0.2) is 16.3 Å². The lowest BCUT2D eigenvalue weighted by Crippen LogP contribution is -2.05. The molecule has 1 aliphatic rings. The largest absolute Gasteiger partial charge is 0.369 e. The van der Waals surface area contributed by atoms with E-state index in [4.69, 9.17) is 5.10 Å². The predicted octanol–water partition coefficient (Wildman–Crippen LogP) is 4.20. The van der Waals surface area contributed by atoms with E-state index in [0.717, 1.165) is 38.8 Å². The Kier molecular flexibility index (Phi) is 3.25. The number of nitriles is 1. The zero-order valence-electron chi connectivity index (χ0n) is 11.5. The summed E-state index contributed by atoms with van der Waals surface area (Å²) in [5.41, 5.74) is 3.67. The topological polar surface area (TPSA) is 53.6 Å². The number of para-hydroxylation sites is 1. The highest BCUT2D eigenvalue weighted by atomic mass is 79.9. The lowest BCUT2D eigenvalue weighted by atomic mass is 10.2. The van der Waals surface area contributed by atoms with Gasteiger partial charge in [0.25, 0.3) is 0 Å². The van der Waals surface area contributed by atoms with Crippen molar-refractivity contribution in [2.45, 2.75) is 6.42 Å². The monoisotopic (exact) mass is 370 g/mol. The third-order valence-corrected chi connectivity index (χ3v) is 5.34. The van der Waals surface area contributed by atoms with Crippen molar-refractivity contribution in [3.63, 3.8) is 0 Å². The van der Waals surface area contributed by atoms with Crippen LogP contribution in [0.25, 0.3) is 16.3 Å². The molecule has 0 aliphatic carbocycles. The molecule has 3 heterocycles. The SMILES string of the molecule is N#Cc1ccccc1-n1nc(-c2ccc(Br)s2)c2c1NCC2. The Morgan fingerprint density at radius 1 is 1.27 bits per heavy atom. The van der Waals surface area contributed by atoms with E-state index in [2.05, 4.69) is 33.4 Å². The van der Waals surface area contributed by atoms with Gasteiger partial charge in [0, 0.05) is 12.1 Å². The molecule has 1 aliphatic heterocycles. The quantitative estimate of drug-likeness (QED) is 0.735. The third kappa shape index (κ3) is 2.05. The number of fused-ring (bicyclic) bond motifs is 1. The maximum absolute atomic E-state index is 9.34. The van der Waals surface area contributed by atoms with Crippen LogP contribution in [0.15, 0.2) is 40.2 Å². The van der Waals surface area contributed by atoms with Gasteiger partial charge in [0.1, 0.15) is 17.6 Å². The fraction of sp³-hybridized carbons (Fsp3) is 0.125. The maximum atomic E-state index is 9.34. The van der Waals surface area contributed by atoms with Gasteiger partial charge in [-0.1, -0.05) is 12.1 Å². The molecule has 0 fully saturated rings. The Morgan fingerprint density at radius 3 is 2.91 bits per heavy atom. The molecule has 0 radical (unpaired) electrons. The highest BCUT2D eigenvalue weighted by Gasteiger charge is 2.25. The first kappa shape index (κ1) is 13.6. The van der Waals surface area contributed by atoms with Gasteiger partial charge in [0.15, 0.2) is 0 Å². The highest BCUT2D eigenvalue weighted by molar-refractivity contribution is 9.11. The molecule has 0 amide bonds. The second-order valence-corrected chi connectivity index (χ2v) is 7.46. The van der Waals surface area contributed by atoms with Gasteiger partial charge in [-0.3, -0.25) is 0 Å². The molecule has 0 spiro atoms. The van der Waals surface area contributed by atoms with Crippen LogP contribution in [0.5, 0.6) is 0 Å². The van der Waals surface area contributed by atoms with Crippen molar-refractivity contribution in [1.82, 2.24) is 9.78 Å². The number of hydrogen-bond acceptors (Lipinski definition) is 4. The molecule has 4 nitrogen and oxygen atoms in total. The standard InChI is InChI=1S/C16H11BrN4S/c17-14-6-5-13(22-14)15-11-7-8-19-16(11)21(20-15)12-4-2-1-3-10(12)9-18/h1-6,19H,7-8H2. The van der Waals surface area contributed by atoms with Gasteiger partial charge >= 0.3 is 0 Å². The minimum Gasteiger partial charge on any atom is -0.369 e. The fourth-order valence-corrected chi connectivity index (χ4v) is 4.14. The molecule has 1 aromatic carbocycles. The number of benzene rings is 1. The van der Waals surface area contributed by atoms with Crippen molar-refractivity contribution < 1.29 is 0 Å². The van der Waals surface area contributed by atoms with Gasteiger partial charge in [-0.05, 0) is 46.6 Å². The summed E-state index contributed by atoms with van der Waals surface area (Å²) in [5, 5.41) is 17.5. The number of hydrogen-bond donors (Lipinski definition) is 1. The molecular weight excluding hydrogens is 360 g/mol. The summed E-state index contributed by atoms with van der Waals surface area (Å²) in [6.07, 6.45) is 0.953. The first-order valence-electron chi connectivity index (χ1n) is 6.89. The van der Waals surface area contributed by atoms with E-state index >= 15 is 0 Å². The number of anilines is 1. The van der Waals surface area contributed by atoms with E-state index < -0.39 is 0 Å². The van der Waals surface area contributed by atoms with Crippen molar-refractivity contribution in [3.8, 4) is 22.3 Å². The first-order chi connectivity index (χ1) is 10.8. The molecule has 22 heavy (non-hydrogen) atoms. The molecule has 3 aromatic rings. The van der Waals surface area contributed by atoms with E-state index in [9.17, 15) is 5.26 Å². The van der Waals surface area contributed by atoms with Crippen molar-refractivity contribution >= 4 is 33.1 Å². The predicted molar refractivity (Wildman–Crippen MR) is 91.5 cm³/mol. The van der Waals surface area contributed by atoms with E-state index in [-0.39, 0.29) is 0 Å². The first-order valence-corrected chi connectivity index (χ1v) is 8.50. The van der Waals surface area contributed by atoms with Crippen molar-refractivity contribution in [1.29, 1.82) is 5.26 Å². The molecule has 1 N–H and O–H groups in total. The van der Waals surface area contributed by atoms with E-state index in [1.807, 2.05) is 35.0 Å². The van der Waals surface area contributed by atoms with E-state index in [1.165, 1.54) is 5.56 Å². The summed E-state index contributed by atoms with van der Waals surface area (Å²) in [7, 11) is 0. The minimum absolute atomic E-state index is 0.625. The lowest BCUT2D eigenvalue weighted by molar-refractivity contribution is 0.880. The normalized spacial score (nSPS) is 12.7. The van der Waals surface area contributed by atoms with E-state index in [0.29, 0.717) is 5.56 Å². The van der Waals surface area contributed by atoms with E-state index in [1.54, 1.807) is 11.3 Å². The van der Waals surface area contributed by atoms with Crippen LogP contribution in [0, 0.1) is 11.3 Å². The Labute approximate surface area is 140 Å². The van der Waals surface area contributed by atoms with Crippen LogP contribution in [0.1, 0.15) is 11.1 Å². The Balaban J connectivity index is 1.94. The van der Waals surface area contributed by atoms with Crippen LogP contribution >= 0.6 is 27.3 Å². The summed E-state index contributed by atoms with van der Waals surface area (Å²) in [6.45, 7) is 0.904. The van der Waals surface area contributed by atoms with Crippen LogP contribution in [0.2, 0.25) is 0 Å². The summed E-state index contributed by atoms with van der Waals surface area (Å²) in [4.78, 5) is 1.14. The zero-order chi connectivity index (χ0) is 15.1. The Morgan fingerprint density at radius 2 is 2.14 bits per heavy atom. The average molecular weight is 371 g/mol. The maximum Gasteiger partial charge on any atom is 0.133 e. The molecule has 0 atom stereocenters. The fourth-order valence-electron chi connectivity index (χ4n) is 2.74. The van der Waals surface area contributed by atoms with Crippen molar-refractivity contribution in [2.75, 3.05) is 11.9 Å². The summed E-state index contributed by atoms with van der Waals surface area (Å²) >= 11 is 5.18. The van der Waals surface area contributed by atoms with Gasteiger partial charge in [0.2, 0.25) is 0 Å². The molecule has 6 heteroatoms. The van der Waals surface area contributed by atoms with Gasteiger partial charge in [-0.25, -0.2) is 4.68 Å². The Bertz CT molecular complexity index is 903. The van der Waals surface area contributed by atoms with Crippen molar-refractivity contribution in [2.24, 2.45) is 0 Å². The number of aromatic nitrogens is 2. The van der Waals surface area contributed by atoms with Gasteiger partial charge in [-0.2, -0.15) is 10.4 Å². The number of halogens is 1. The average Bonchev–Trinajstić information content (AvgIpc) is 3.23. The number of thiophene rings is 1. The summed E-state index contributed by atoms with van der Waals surface area (Å²) in [6, 6.07) is 13.9. The summed E-state index contributed by atoms with van der Waals surface area (Å²) < 4.78 is 2.96. The van der Waals surface area contributed by atoms with Crippen molar-refractivity contribution in [3.05, 3.63) is 51.3 Å². The Hall–Kier alpha value is -2.10. The second kappa shape index (κ2) is 5.27. The molecule has 0 unspecified atom stereocenters. The zero-order valence-corrected chi connectivity index (χ0v) is 13.9. The third-order valence-electron chi connectivity index (χ3n) is 3.71. The highest BCUT2D eigenvalue weighted by Crippen LogP contribution is 2.38. The molecule has 0 bridgehead atoms. The van der Waals surface area contributed by atoms with Crippen LogP contribution < -0.4 is 5.32 Å². The number of nitrogens with one attached hydrogen (secondary N) is 1. The molecule has 4 rings (SSSR count). The number of rotatable bonds is 2. The smallest absolute Gasteiger partial charge is 0.133 e. The number of nitrogens with zero attached hydrogens (tertiary/aromatic N) is 3. The molecular formula is C16H11BrN4S. The molecule has 2 aromatic heterocycles. The molecule has 108 valence electrons. The van der Waals surface area contributed by atoms with Crippen LogP contribution in [0.3, 0.4) is 0 Å². The van der Waals surface area contributed by atoms with Gasteiger partial charge in [-0.15, -0.1) is 11.3 Å². The lowest BCUT2D eigenvalue weighted by Gasteiger charge is -2.07. The van der Waals surface area contributed by atoms with Gasteiger partial charge < -0.3 is 5.32 Å². The summed E-state index contributed by atoms with van der Waals surface area (Å²) in [5.74, 6) is 1.00.